The summed E-state index contributed by atoms with van der Waals surface area (Å²) in [5.74, 6) is -3.44. The Morgan fingerprint density at radius 2 is 1.60 bits per heavy atom. The van der Waals surface area contributed by atoms with Crippen LogP contribution in [0.1, 0.15) is 33.1 Å². The second kappa shape index (κ2) is 13.0. The number of hydrogen-bond acceptors (Lipinski definition) is 7. The number of unbranched alkanes of at least 4 members (excludes halogenated alkanes) is 1. The minimum atomic E-state index is -5.30. The molecule has 1 aromatic heterocycles. The fraction of sp³-hybridized carbons (Fsp3) is 0.333. The number of benzene rings is 2. The van der Waals surface area contributed by atoms with E-state index < -0.39 is 35.5 Å². The normalized spacial score (nSPS) is 13.2. The molecule has 0 spiro atoms. The smallest absolute Gasteiger partial charge is 0.471 e. The molecule has 1 aliphatic heterocycles. The van der Waals surface area contributed by atoms with Crippen molar-refractivity contribution in [2.24, 2.45) is 5.41 Å². The summed E-state index contributed by atoms with van der Waals surface area (Å²) in [7, 11) is 0. The summed E-state index contributed by atoms with van der Waals surface area (Å²) < 4.78 is 54.5. The number of halogens is 3. The number of aliphatic carboxylic acids is 1. The molecule has 0 saturated carbocycles. The molecule has 1 atom stereocenters. The van der Waals surface area contributed by atoms with Gasteiger partial charge in [-0.2, -0.15) is 13.2 Å². The number of fused-ring (bicyclic) bond motifs is 1. The summed E-state index contributed by atoms with van der Waals surface area (Å²) in [5.41, 5.74) is 2.19. The van der Waals surface area contributed by atoms with E-state index in [4.69, 9.17) is 19.3 Å². The van der Waals surface area contributed by atoms with Crippen molar-refractivity contribution in [2.75, 3.05) is 13.4 Å². The Hall–Kier alpha value is -4.81. The highest BCUT2D eigenvalue weighted by Crippen LogP contribution is 2.37. The summed E-state index contributed by atoms with van der Waals surface area (Å²) in [5, 5.41) is 12.4. The molecule has 0 radical (unpaired) electrons. The Labute approximate surface area is 245 Å². The van der Waals surface area contributed by atoms with E-state index in [-0.39, 0.29) is 19.8 Å². The molecule has 10 nitrogen and oxygen atoms in total. The number of ether oxygens (including phenoxy) is 3. The molecule has 2 aromatic carbocycles. The largest absolute Gasteiger partial charge is 0.478 e. The van der Waals surface area contributed by atoms with Crippen molar-refractivity contribution in [3.8, 4) is 39.8 Å². The van der Waals surface area contributed by atoms with Gasteiger partial charge in [0.2, 0.25) is 24.7 Å². The number of pyridine rings is 1. The average Bonchev–Trinajstić information content (AvgIpc) is 3.44. The molecule has 3 aromatic rings. The lowest BCUT2D eigenvalue weighted by molar-refractivity contribution is -0.176. The molecule has 2 heterocycles. The van der Waals surface area contributed by atoms with Crippen LogP contribution in [0.2, 0.25) is 0 Å². The number of alkyl halides is 3. The zero-order chi connectivity index (χ0) is 31.2. The van der Waals surface area contributed by atoms with E-state index in [1.54, 1.807) is 0 Å². The van der Waals surface area contributed by atoms with Crippen LogP contribution in [0.5, 0.6) is 17.4 Å². The van der Waals surface area contributed by atoms with E-state index in [9.17, 15) is 27.6 Å². The highest BCUT2D eigenvalue weighted by Gasteiger charge is 2.42. The lowest BCUT2D eigenvalue weighted by Crippen LogP contribution is -2.57. The number of nitrogens with one attached hydrogen (secondary N) is 2. The summed E-state index contributed by atoms with van der Waals surface area (Å²) in [6.45, 7) is 3.46. The molecule has 3 N–H and O–H groups in total. The lowest BCUT2D eigenvalue weighted by atomic mass is 9.86. The third kappa shape index (κ3) is 8.15. The van der Waals surface area contributed by atoms with Crippen molar-refractivity contribution in [1.29, 1.82) is 0 Å². The van der Waals surface area contributed by atoms with Crippen LogP contribution in [-0.2, 0) is 14.4 Å². The maximum atomic E-state index is 12.6. The van der Waals surface area contributed by atoms with Crippen molar-refractivity contribution in [3.05, 3.63) is 60.7 Å². The molecule has 2 amide bonds. The molecule has 0 fully saturated rings. The summed E-state index contributed by atoms with van der Waals surface area (Å²) in [6.07, 6.45) is -6.29. The van der Waals surface area contributed by atoms with Crippen LogP contribution in [0, 0.1) is 5.41 Å². The quantitative estimate of drug-likeness (QED) is 0.197. The Morgan fingerprint density at radius 3 is 2.30 bits per heavy atom. The predicted octanol–water partition coefficient (Wildman–Crippen LogP) is 4.93. The van der Waals surface area contributed by atoms with Gasteiger partial charge in [-0.3, -0.25) is 9.59 Å². The van der Waals surface area contributed by atoms with Crippen molar-refractivity contribution in [2.45, 2.75) is 45.5 Å². The highest BCUT2D eigenvalue weighted by atomic mass is 19.4. The number of carbonyl (C=O) groups is 3. The first kappa shape index (κ1) is 31.1. The SMILES string of the molecule is CC(C)(CCCCOc1cc(-c2ccc3c(c2)OCO3)cc(-c2ccccc2)n1)C(=O)NC(NC(=O)C(F)(F)F)C(=O)O. The van der Waals surface area contributed by atoms with Crippen LogP contribution >= 0.6 is 0 Å². The molecule has 228 valence electrons. The van der Waals surface area contributed by atoms with Crippen LogP contribution < -0.4 is 24.8 Å². The predicted molar refractivity (Wildman–Crippen MR) is 148 cm³/mol. The molecular formula is C30H30F3N3O7. The minimum Gasteiger partial charge on any atom is -0.478 e. The van der Waals surface area contributed by atoms with Crippen LogP contribution in [0.4, 0.5) is 13.2 Å². The first-order chi connectivity index (χ1) is 20.3. The summed E-state index contributed by atoms with van der Waals surface area (Å²) in [6, 6.07) is 19.0. The van der Waals surface area contributed by atoms with E-state index in [2.05, 4.69) is 4.98 Å². The van der Waals surface area contributed by atoms with Gasteiger partial charge in [0.05, 0.1) is 12.3 Å². The van der Waals surface area contributed by atoms with Gasteiger partial charge in [-0.1, -0.05) is 50.2 Å². The zero-order valence-electron chi connectivity index (χ0n) is 23.4. The van der Waals surface area contributed by atoms with Gasteiger partial charge >= 0.3 is 18.1 Å². The van der Waals surface area contributed by atoms with Gasteiger partial charge in [0.25, 0.3) is 0 Å². The van der Waals surface area contributed by atoms with Gasteiger partial charge < -0.3 is 30.0 Å². The molecule has 1 unspecified atom stereocenters. The van der Waals surface area contributed by atoms with E-state index in [0.29, 0.717) is 35.9 Å². The van der Waals surface area contributed by atoms with Gasteiger partial charge in [-0.05, 0) is 48.6 Å². The molecule has 0 bridgehead atoms. The number of amides is 2. The molecule has 0 saturated heterocycles. The topological polar surface area (TPSA) is 136 Å². The Balaban J connectivity index is 1.37. The number of aromatic nitrogens is 1. The van der Waals surface area contributed by atoms with E-state index >= 15 is 0 Å². The Morgan fingerprint density at radius 1 is 0.907 bits per heavy atom. The number of carboxylic acids is 1. The second-order valence-corrected chi connectivity index (χ2v) is 10.4. The Bertz CT molecular complexity index is 1480. The van der Waals surface area contributed by atoms with Crippen LogP contribution in [-0.4, -0.2) is 53.6 Å². The van der Waals surface area contributed by atoms with Gasteiger partial charge in [0, 0.05) is 17.0 Å². The zero-order valence-corrected chi connectivity index (χ0v) is 23.4. The lowest BCUT2D eigenvalue weighted by Gasteiger charge is -2.26. The molecule has 0 aliphatic carbocycles. The summed E-state index contributed by atoms with van der Waals surface area (Å²) >= 11 is 0. The van der Waals surface area contributed by atoms with Crippen molar-refractivity contribution in [1.82, 2.24) is 15.6 Å². The van der Waals surface area contributed by atoms with Crippen LogP contribution in [0.25, 0.3) is 22.4 Å². The monoisotopic (exact) mass is 601 g/mol. The van der Waals surface area contributed by atoms with Crippen LogP contribution in [0.3, 0.4) is 0 Å². The highest BCUT2D eigenvalue weighted by molar-refractivity contribution is 5.91. The first-order valence-corrected chi connectivity index (χ1v) is 13.4. The van der Waals surface area contributed by atoms with Gasteiger partial charge in [-0.15, -0.1) is 0 Å². The van der Waals surface area contributed by atoms with E-state index in [1.807, 2.05) is 66.0 Å². The van der Waals surface area contributed by atoms with Crippen molar-refractivity contribution in [3.63, 3.8) is 0 Å². The molecule has 43 heavy (non-hydrogen) atoms. The van der Waals surface area contributed by atoms with E-state index in [1.165, 1.54) is 19.2 Å². The molecule has 4 rings (SSSR count). The summed E-state index contributed by atoms with van der Waals surface area (Å²) in [4.78, 5) is 39.7. The third-order valence-corrected chi connectivity index (χ3v) is 6.69. The van der Waals surface area contributed by atoms with Gasteiger partial charge in [0.1, 0.15) is 0 Å². The number of hydrogen-bond donors (Lipinski definition) is 3. The Kier molecular flexibility index (Phi) is 9.42. The number of nitrogens with zero attached hydrogens (tertiary/aromatic N) is 1. The minimum absolute atomic E-state index is 0.159. The second-order valence-electron chi connectivity index (χ2n) is 10.4. The standard InChI is InChI=1S/C30H30F3N3O7/c1-29(2,27(39)35-25(26(37)38)36-28(40)30(31,32)33)12-6-7-13-41-24-16-20(14-21(34-24)18-8-4-3-5-9-18)19-10-11-22-23(15-19)43-17-42-22/h3-5,8-11,14-16,25H,6-7,12-13,17H2,1-2H3,(H,35,39)(H,36,40)(H,37,38). The average molecular weight is 602 g/mol. The fourth-order valence-electron chi connectivity index (χ4n) is 4.24. The van der Waals surface area contributed by atoms with Crippen LogP contribution in [0.15, 0.2) is 60.7 Å². The number of carboxylic acid groups (broad SMARTS) is 1. The van der Waals surface area contributed by atoms with Crippen molar-refractivity contribution < 1.29 is 46.9 Å². The number of carbonyl (C=O) groups excluding carboxylic acids is 2. The molecular weight excluding hydrogens is 571 g/mol. The molecule has 13 heteroatoms. The van der Waals surface area contributed by atoms with Gasteiger partial charge in [-0.25, -0.2) is 9.78 Å². The maximum absolute atomic E-state index is 12.6. The van der Waals surface area contributed by atoms with E-state index in [0.717, 1.165) is 16.7 Å². The van der Waals surface area contributed by atoms with Gasteiger partial charge in [0.15, 0.2) is 11.5 Å². The first-order valence-electron chi connectivity index (χ1n) is 13.4. The third-order valence-electron chi connectivity index (χ3n) is 6.69. The molecule has 1 aliphatic rings. The number of rotatable bonds is 12. The van der Waals surface area contributed by atoms with Crippen molar-refractivity contribution >= 4 is 17.8 Å². The maximum Gasteiger partial charge on any atom is 0.471 e. The fourth-order valence-corrected chi connectivity index (χ4v) is 4.24.